The second-order valence-corrected chi connectivity index (χ2v) is 6.20. The van der Waals surface area contributed by atoms with Gasteiger partial charge in [-0.15, -0.1) is 0 Å². The third-order valence-electron chi connectivity index (χ3n) is 4.12. The second-order valence-electron chi connectivity index (χ2n) is 6.20. The predicted octanol–water partition coefficient (Wildman–Crippen LogP) is 6.16. The van der Waals surface area contributed by atoms with Crippen LogP contribution in [0.1, 0.15) is 68.2 Å². The summed E-state index contributed by atoms with van der Waals surface area (Å²) in [6.45, 7) is 4.46. The van der Waals surface area contributed by atoms with E-state index in [0.717, 1.165) is 17.5 Å². The van der Waals surface area contributed by atoms with Crippen LogP contribution in [-0.2, 0) is 12.8 Å². The van der Waals surface area contributed by atoms with Crippen LogP contribution in [0, 0.1) is 11.8 Å². The number of unbranched alkanes of at least 4 members (excludes halogenated alkanes) is 3. The van der Waals surface area contributed by atoms with Crippen molar-refractivity contribution < 1.29 is 0 Å². The maximum absolute atomic E-state index is 3.27. The van der Waals surface area contributed by atoms with Crippen molar-refractivity contribution in [3.05, 3.63) is 70.8 Å². The quantitative estimate of drug-likeness (QED) is 0.424. The highest BCUT2D eigenvalue weighted by Gasteiger charge is 1.95. The Morgan fingerprint density at radius 3 is 1.57 bits per heavy atom. The molecule has 2 aromatic rings. The van der Waals surface area contributed by atoms with Crippen molar-refractivity contribution >= 4 is 0 Å². The minimum Gasteiger partial charge on any atom is -0.0654 e. The summed E-state index contributed by atoms with van der Waals surface area (Å²) in [5.74, 6) is 6.53. The first-order valence-corrected chi connectivity index (χ1v) is 9.01. The van der Waals surface area contributed by atoms with Gasteiger partial charge in [0.2, 0.25) is 0 Å². The molecule has 120 valence electrons. The molecule has 0 unspecified atom stereocenters. The van der Waals surface area contributed by atoms with E-state index >= 15 is 0 Å². The van der Waals surface area contributed by atoms with Crippen LogP contribution in [0.4, 0.5) is 0 Å². The molecule has 0 saturated carbocycles. The number of rotatable bonds is 7. The molecular weight excluding hydrogens is 276 g/mol. The largest absolute Gasteiger partial charge is 0.0654 e. The number of benzene rings is 2. The predicted molar refractivity (Wildman–Crippen MR) is 101 cm³/mol. The van der Waals surface area contributed by atoms with Gasteiger partial charge in [0.25, 0.3) is 0 Å². The summed E-state index contributed by atoms with van der Waals surface area (Å²) >= 11 is 0. The van der Waals surface area contributed by atoms with Gasteiger partial charge >= 0.3 is 0 Å². The second kappa shape index (κ2) is 9.90. The van der Waals surface area contributed by atoms with Crippen molar-refractivity contribution in [2.24, 2.45) is 0 Å². The van der Waals surface area contributed by atoms with E-state index in [2.05, 4.69) is 74.2 Å². The first-order chi connectivity index (χ1) is 11.3. The first kappa shape index (κ1) is 17.4. The van der Waals surface area contributed by atoms with Crippen LogP contribution in [0.15, 0.2) is 48.5 Å². The van der Waals surface area contributed by atoms with E-state index in [1.807, 2.05) is 0 Å². The number of hydrogen-bond acceptors (Lipinski definition) is 0. The number of aryl methyl sites for hydroxylation is 2. The van der Waals surface area contributed by atoms with E-state index in [1.54, 1.807) is 0 Å². The Balaban J connectivity index is 1.90. The van der Waals surface area contributed by atoms with E-state index in [9.17, 15) is 0 Å². The molecule has 0 heterocycles. The topological polar surface area (TPSA) is 0 Å². The van der Waals surface area contributed by atoms with Crippen molar-refractivity contribution in [1.29, 1.82) is 0 Å². The van der Waals surface area contributed by atoms with E-state index in [4.69, 9.17) is 0 Å². The van der Waals surface area contributed by atoms with Gasteiger partial charge in [-0.05, 0) is 54.7 Å². The molecule has 0 aliphatic carbocycles. The molecule has 2 aromatic carbocycles. The molecule has 0 N–H and O–H groups in total. The molecule has 0 radical (unpaired) electrons. The lowest BCUT2D eigenvalue weighted by Gasteiger charge is -2.01. The van der Waals surface area contributed by atoms with E-state index < -0.39 is 0 Å². The molecule has 0 aliphatic rings. The molecule has 0 spiro atoms. The van der Waals surface area contributed by atoms with Gasteiger partial charge in [0.1, 0.15) is 0 Å². The van der Waals surface area contributed by atoms with Crippen LogP contribution in [0.3, 0.4) is 0 Å². The lowest BCUT2D eigenvalue weighted by atomic mass is 10.0. The maximum Gasteiger partial charge on any atom is 0.0249 e. The Bertz CT molecular complexity index is 620. The lowest BCUT2D eigenvalue weighted by molar-refractivity contribution is 0.667. The maximum atomic E-state index is 3.27. The standard InChI is InChI=1S/C23H28/c1-3-5-6-7-9-21-12-16-23(17-13-21)19-18-22-14-10-20(8-4-2)11-15-22/h10-17H,3-9H2,1-2H3. The molecule has 0 amide bonds. The van der Waals surface area contributed by atoms with Crippen molar-refractivity contribution in [3.8, 4) is 11.8 Å². The van der Waals surface area contributed by atoms with Gasteiger partial charge in [0, 0.05) is 11.1 Å². The van der Waals surface area contributed by atoms with Crippen molar-refractivity contribution in [2.75, 3.05) is 0 Å². The first-order valence-electron chi connectivity index (χ1n) is 9.01. The van der Waals surface area contributed by atoms with Gasteiger partial charge in [-0.3, -0.25) is 0 Å². The minimum absolute atomic E-state index is 1.09. The van der Waals surface area contributed by atoms with E-state index in [0.29, 0.717) is 0 Å². The average molecular weight is 304 g/mol. The van der Waals surface area contributed by atoms with Crippen LogP contribution in [-0.4, -0.2) is 0 Å². The van der Waals surface area contributed by atoms with E-state index in [1.165, 1.54) is 49.7 Å². The summed E-state index contributed by atoms with van der Waals surface area (Å²) in [7, 11) is 0. The van der Waals surface area contributed by atoms with Crippen molar-refractivity contribution in [2.45, 2.75) is 58.8 Å². The molecule has 2 rings (SSSR count). The summed E-state index contributed by atoms with van der Waals surface area (Å²) in [6, 6.07) is 17.4. The SMILES string of the molecule is CCCCCCc1ccc(C#Cc2ccc(CCC)cc2)cc1. The fourth-order valence-corrected chi connectivity index (χ4v) is 2.70. The molecule has 23 heavy (non-hydrogen) atoms. The van der Waals surface area contributed by atoms with Crippen LogP contribution in [0.2, 0.25) is 0 Å². The van der Waals surface area contributed by atoms with Crippen LogP contribution in [0.5, 0.6) is 0 Å². The zero-order chi connectivity index (χ0) is 16.3. The Labute approximate surface area is 142 Å². The fourth-order valence-electron chi connectivity index (χ4n) is 2.70. The highest BCUT2D eigenvalue weighted by Crippen LogP contribution is 2.10. The normalized spacial score (nSPS) is 10.2. The molecular formula is C23H28. The highest BCUT2D eigenvalue weighted by atomic mass is 14.0. The summed E-state index contributed by atoms with van der Waals surface area (Å²) < 4.78 is 0. The fraction of sp³-hybridized carbons (Fsp3) is 0.391. The van der Waals surface area contributed by atoms with Crippen molar-refractivity contribution in [1.82, 2.24) is 0 Å². The average Bonchev–Trinajstić information content (AvgIpc) is 2.59. The third-order valence-corrected chi connectivity index (χ3v) is 4.12. The Hall–Kier alpha value is -2.00. The van der Waals surface area contributed by atoms with Gasteiger partial charge in [0.15, 0.2) is 0 Å². The molecule has 0 atom stereocenters. The molecule has 0 heteroatoms. The summed E-state index contributed by atoms with van der Waals surface area (Å²) in [6.07, 6.45) is 8.81. The molecule has 0 saturated heterocycles. The molecule has 0 aromatic heterocycles. The molecule has 0 aliphatic heterocycles. The summed E-state index contributed by atoms with van der Waals surface area (Å²) in [5, 5.41) is 0. The van der Waals surface area contributed by atoms with Crippen LogP contribution < -0.4 is 0 Å². The number of hydrogen-bond donors (Lipinski definition) is 0. The summed E-state index contributed by atoms with van der Waals surface area (Å²) in [4.78, 5) is 0. The zero-order valence-electron chi connectivity index (χ0n) is 14.6. The van der Waals surface area contributed by atoms with Crippen LogP contribution in [0.25, 0.3) is 0 Å². The summed E-state index contributed by atoms with van der Waals surface area (Å²) in [5.41, 5.74) is 5.01. The van der Waals surface area contributed by atoms with Gasteiger partial charge in [-0.2, -0.15) is 0 Å². The Kier molecular flexibility index (Phi) is 7.47. The van der Waals surface area contributed by atoms with Gasteiger partial charge in [0.05, 0.1) is 0 Å². The van der Waals surface area contributed by atoms with Gasteiger partial charge in [-0.25, -0.2) is 0 Å². The van der Waals surface area contributed by atoms with Crippen molar-refractivity contribution in [3.63, 3.8) is 0 Å². The zero-order valence-corrected chi connectivity index (χ0v) is 14.6. The Morgan fingerprint density at radius 2 is 1.09 bits per heavy atom. The molecule has 0 nitrogen and oxygen atoms in total. The smallest absolute Gasteiger partial charge is 0.0249 e. The monoisotopic (exact) mass is 304 g/mol. The van der Waals surface area contributed by atoms with E-state index in [-0.39, 0.29) is 0 Å². The third kappa shape index (κ3) is 6.33. The molecule has 0 fully saturated rings. The molecule has 0 bridgehead atoms. The van der Waals surface area contributed by atoms with Crippen LogP contribution >= 0.6 is 0 Å². The minimum atomic E-state index is 1.09. The highest BCUT2D eigenvalue weighted by molar-refractivity contribution is 5.44. The Morgan fingerprint density at radius 1 is 0.565 bits per heavy atom. The van der Waals surface area contributed by atoms with Gasteiger partial charge in [-0.1, -0.05) is 75.6 Å². The lowest BCUT2D eigenvalue weighted by Crippen LogP contribution is -1.86. The van der Waals surface area contributed by atoms with Gasteiger partial charge < -0.3 is 0 Å².